The summed E-state index contributed by atoms with van der Waals surface area (Å²) in [6, 6.07) is 0. The first-order chi connectivity index (χ1) is 9.56. The second kappa shape index (κ2) is 0.923. The molecule has 0 aromatic rings. The minimum atomic E-state index is -2.53. The van der Waals surface area contributed by atoms with E-state index in [2.05, 4.69) is 13.8 Å². The van der Waals surface area contributed by atoms with E-state index in [0.717, 1.165) is 0 Å². The molecule has 1 spiro atoms. The summed E-state index contributed by atoms with van der Waals surface area (Å²) in [4.78, 5) is 14.0. The molecule has 10 rings (SSSR count). The molecule has 114 valence electrons. The van der Waals surface area contributed by atoms with Gasteiger partial charge in [-0.3, -0.25) is 0 Å². The van der Waals surface area contributed by atoms with E-state index in [1.54, 1.807) is 69.2 Å². The van der Waals surface area contributed by atoms with E-state index < -0.39 is 6.23 Å². The Kier molecular flexibility index (Phi) is 0.428. The van der Waals surface area contributed by atoms with Crippen molar-refractivity contribution in [3.05, 3.63) is 0 Å². The van der Waals surface area contributed by atoms with Gasteiger partial charge in [-0.25, -0.2) is 0 Å². The molecule has 10 fully saturated rings. The van der Waals surface area contributed by atoms with Crippen LogP contribution in [0.3, 0.4) is 0 Å². The van der Waals surface area contributed by atoms with Crippen molar-refractivity contribution in [1.29, 1.82) is 0 Å². The Balaban J connectivity index is 1.28. The summed E-state index contributed by atoms with van der Waals surface area (Å²) >= 11 is 0. The number of unbranched alkanes of at least 4 members (excludes halogenated alkanes) is 2. The first-order valence-corrected chi connectivity index (χ1v) is 16.7. The van der Waals surface area contributed by atoms with Gasteiger partial charge >= 0.3 is 114 Å². The van der Waals surface area contributed by atoms with E-state index in [1.165, 1.54) is 17.0 Å². The van der Waals surface area contributed by atoms with Gasteiger partial charge in [0.1, 0.15) is 0 Å². The van der Waals surface area contributed by atoms with Crippen LogP contribution in [0.5, 0.6) is 0 Å². The Bertz CT molecular complexity index is 889. The third-order valence-electron chi connectivity index (χ3n) is 15.2. The normalized spacial score (nSPS) is 103. The van der Waals surface area contributed by atoms with Crippen molar-refractivity contribution in [3.63, 3.8) is 0 Å². The van der Waals surface area contributed by atoms with Gasteiger partial charge in [0.05, 0.1) is 0 Å². The molecular formula is C18H27NiP. The Morgan fingerprint density at radius 3 is 1.45 bits per heavy atom. The molecule has 10 saturated heterocycles. The van der Waals surface area contributed by atoms with Gasteiger partial charge in [0.25, 0.3) is 0 Å². The fourth-order valence-corrected chi connectivity index (χ4v) is 95.3. The van der Waals surface area contributed by atoms with Crippen LogP contribution < -0.4 is 0 Å². The van der Waals surface area contributed by atoms with Gasteiger partial charge in [-0.05, 0) is 0 Å². The second-order valence-corrected chi connectivity index (χ2v) is 35.7. The standard InChI is InChI=1S/C13H22P.C5H5.Ni/c1-3-5-11-14(12-6-4-2)13-9-7-8-10-13;1-2-4-5-3-1;/h7-10H,3-6,11-12H2,1-2H3;1-5H;. The summed E-state index contributed by atoms with van der Waals surface area (Å²) in [5, 5.41) is 0. The fourth-order valence-electron chi connectivity index (χ4n) is 16.2. The zero-order chi connectivity index (χ0) is 12.8. The van der Waals surface area contributed by atoms with Crippen LogP contribution in [0, 0.1) is 0 Å². The molecule has 0 N–H and O–H groups in total. The van der Waals surface area contributed by atoms with Crippen LogP contribution in [0.15, 0.2) is 0 Å². The molecule has 4 atom stereocenters. The first-order valence-electron chi connectivity index (χ1n) is 9.32. The van der Waals surface area contributed by atoms with Crippen LogP contribution in [0.4, 0.5) is 0 Å². The third kappa shape index (κ3) is 0.117. The summed E-state index contributed by atoms with van der Waals surface area (Å²) in [7, 11) is 0.505. The molecule has 0 radical (unpaired) electrons. The predicted molar refractivity (Wildman–Crippen MR) is 83.0 cm³/mol. The van der Waals surface area contributed by atoms with Crippen LogP contribution in [-0.2, 0) is 6.23 Å². The van der Waals surface area contributed by atoms with E-state index >= 15 is 0 Å². The average Bonchev–Trinajstić information content (AvgIpc) is 3.39. The quantitative estimate of drug-likeness (QED) is 0.375. The van der Waals surface area contributed by atoms with Crippen LogP contribution in [0.25, 0.3) is 0 Å². The van der Waals surface area contributed by atoms with Crippen LogP contribution in [0.1, 0.15) is 39.5 Å². The zero-order valence-corrected chi connectivity index (χ0v) is 14.6. The molecule has 2 heteroatoms. The molecule has 10 heterocycles. The zero-order valence-electron chi connectivity index (χ0n) is 12.7. The number of rotatable bonds is 7. The van der Waals surface area contributed by atoms with Gasteiger partial charge in [0, 0.05) is 0 Å². The van der Waals surface area contributed by atoms with Crippen molar-refractivity contribution in [2.75, 3.05) is 12.3 Å². The van der Waals surface area contributed by atoms with Gasteiger partial charge in [0.2, 0.25) is 0 Å². The third-order valence-corrected chi connectivity index (χ3v) is 60.2. The van der Waals surface area contributed by atoms with Gasteiger partial charge in [-0.1, -0.05) is 0 Å². The van der Waals surface area contributed by atoms with E-state index in [0.29, 0.717) is 7.92 Å². The molecule has 0 aromatic carbocycles. The Hall–Kier alpha value is 0.924. The second-order valence-electron chi connectivity index (χ2n) is 11.5. The molecule has 0 aliphatic carbocycles. The molecule has 0 bridgehead atoms. The van der Waals surface area contributed by atoms with E-state index in [-0.39, 0.29) is 0 Å². The number of hydrogen-bond acceptors (Lipinski definition) is 0. The summed E-state index contributed by atoms with van der Waals surface area (Å²) in [5.41, 5.74) is 0. The van der Waals surface area contributed by atoms with Gasteiger partial charge in [0.15, 0.2) is 0 Å². The molecule has 0 aromatic heterocycles. The van der Waals surface area contributed by atoms with Crippen molar-refractivity contribution in [2.24, 2.45) is 0 Å². The topological polar surface area (TPSA) is 0 Å². The Morgan fingerprint density at radius 2 is 1.20 bits per heavy atom. The van der Waals surface area contributed by atoms with E-state index in [9.17, 15) is 0 Å². The van der Waals surface area contributed by atoms with Crippen molar-refractivity contribution >= 4 is 7.92 Å². The van der Waals surface area contributed by atoms with Crippen LogP contribution >= 0.6 is 7.92 Å². The summed E-state index contributed by atoms with van der Waals surface area (Å²) < 4.78 is 1.26. The molecule has 20 heavy (non-hydrogen) atoms. The van der Waals surface area contributed by atoms with Crippen molar-refractivity contribution < 1.29 is 6.23 Å². The molecule has 0 amide bonds. The van der Waals surface area contributed by atoms with Crippen LogP contribution in [-0.4, -0.2) is 16.4 Å². The molecule has 4 unspecified atom stereocenters. The van der Waals surface area contributed by atoms with Gasteiger partial charge < -0.3 is 0 Å². The first kappa shape index (κ1) is 9.28. The van der Waals surface area contributed by atoms with Crippen molar-refractivity contribution in [3.8, 4) is 0 Å². The Labute approximate surface area is 114 Å². The molecule has 0 nitrogen and oxygen atoms in total. The molecular weight excluding hydrogens is 306 g/mol. The van der Waals surface area contributed by atoms with Crippen molar-refractivity contribution in [2.45, 2.75) is 87.6 Å². The number of hydrogen-bond donors (Lipinski definition) is 0. The molecule has 10 aliphatic heterocycles. The summed E-state index contributed by atoms with van der Waals surface area (Å²) in [6.45, 7) is 4.87. The molecule has 0 saturated carbocycles. The van der Waals surface area contributed by atoms with Crippen molar-refractivity contribution in [1.82, 2.24) is 0 Å². The molecule has 10 aliphatic rings. The maximum atomic E-state index is 2.44. The van der Waals surface area contributed by atoms with Gasteiger partial charge in [-0.15, -0.1) is 0 Å². The average molecular weight is 333 g/mol. The minimum absolute atomic E-state index is 0.505. The monoisotopic (exact) mass is 332 g/mol. The van der Waals surface area contributed by atoms with Crippen LogP contribution in [0.2, 0.25) is 44.0 Å². The SMILES string of the molecule is CCCCP(CCCC)[C]12[CH]3[CH]4[CH]5[CH]1[Ni]45321678[CH]2[CH]1[CH]6[CH]7[CH]28. The number of fused-ring (bicyclic) bond motifs is 10. The predicted octanol–water partition coefficient (Wildman–Crippen LogP) is 6.37. The van der Waals surface area contributed by atoms with E-state index in [1.807, 2.05) is 0 Å². The summed E-state index contributed by atoms with van der Waals surface area (Å²) in [5.74, 6) is 0. The Morgan fingerprint density at radius 1 is 0.750 bits per heavy atom. The van der Waals surface area contributed by atoms with Gasteiger partial charge in [-0.2, -0.15) is 0 Å². The fraction of sp³-hybridized carbons (Fsp3) is 1.00. The maximum absolute atomic E-state index is 2.53. The van der Waals surface area contributed by atoms with E-state index in [4.69, 9.17) is 0 Å². The summed E-state index contributed by atoms with van der Waals surface area (Å²) in [6.07, 6.45) is 7.04.